The minimum atomic E-state index is -1.23. The quantitative estimate of drug-likeness (QED) is 0.0199. The molecular weight excluding hydrogens is 1030 g/mol. The number of nitrogens with zero attached hydrogens (tertiary/aromatic N) is 2. The summed E-state index contributed by atoms with van der Waals surface area (Å²) in [4.78, 5) is 76.9. The van der Waals surface area contributed by atoms with E-state index in [9.17, 15) is 43.4 Å². The molecule has 3 atom stereocenters. The van der Waals surface area contributed by atoms with Crippen molar-refractivity contribution >= 4 is 46.9 Å². The molecule has 20 nitrogen and oxygen atoms in total. The molecular formula is C58H68FN5O15. The summed E-state index contributed by atoms with van der Waals surface area (Å²) >= 11 is 0. The van der Waals surface area contributed by atoms with Crippen molar-refractivity contribution in [2.45, 2.75) is 76.7 Å². The van der Waals surface area contributed by atoms with E-state index < -0.39 is 60.1 Å². The van der Waals surface area contributed by atoms with Crippen LogP contribution in [0.3, 0.4) is 0 Å². The number of amides is 5. The number of nitrogens with one attached hydrogen (secondary N) is 3. The first-order valence-corrected chi connectivity index (χ1v) is 26.4. The highest BCUT2D eigenvalue weighted by Crippen LogP contribution is 2.43. The Hall–Kier alpha value is -7.37. The molecule has 0 bridgehead atoms. The van der Waals surface area contributed by atoms with Gasteiger partial charge in [-0.1, -0.05) is 50.2 Å². The summed E-state index contributed by atoms with van der Waals surface area (Å²) in [7, 11) is 0. The van der Waals surface area contributed by atoms with Gasteiger partial charge >= 0.3 is 5.97 Å². The minimum absolute atomic E-state index is 0.0452. The Morgan fingerprint density at radius 3 is 1.94 bits per heavy atom. The predicted molar refractivity (Wildman–Crippen MR) is 288 cm³/mol. The van der Waals surface area contributed by atoms with Gasteiger partial charge in [0.1, 0.15) is 24.2 Å². The number of aliphatic carboxylic acids is 1. The second-order valence-corrected chi connectivity index (χ2v) is 19.1. The monoisotopic (exact) mass is 1090 g/mol. The number of carbonyl (C=O) groups excluding carboxylic acids is 5. The first-order valence-electron chi connectivity index (χ1n) is 26.4. The van der Waals surface area contributed by atoms with E-state index in [0.29, 0.717) is 118 Å². The van der Waals surface area contributed by atoms with E-state index in [1.54, 1.807) is 48.5 Å². The summed E-state index contributed by atoms with van der Waals surface area (Å²) in [5.74, 6) is -3.86. The number of rotatable bonds is 33. The molecule has 0 saturated carbocycles. The van der Waals surface area contributed by atoms with Crippen LogP contribution in [0, 0.1) is 5.82 Å². The van der Waals surface area contributed by atoms with Crippen molar-refractivity contribution in [3.8, 4) is 28.1 Å². The zero-order valence-corrected chi connectivity index (χ0v) is 44.3. The van der Waals surface area contributed by atoms with Crippen molar-refractivity contribution < 1.29 is 76.9 Å². The third-order valence-electron chi connectivity index (χ3n) is 13.0. The van der Waals surface area contributed by atoms with Crippen LogP contribution in [0.5, 0.6) is 5.75 Å². The zero-order chi connectivity index (χ0) is 56.3. The van der Waals surface area contributed by atoms with Crippen LogP contribution in [0.2, 0.25) is 0 Å². The minimum Gasteiger partial charge on any atom is -0.491 e. The third kappa shape index (κ3) is 16.4. The standard InChI is InChI=1S/C58H68FN5O15/c1-37(2)53-52(50(38-7-4-3-5-8-38)54(39-11-13-40(59)14-12-39)63(53)23-21-42(65)35-43(66)36-49(68)69)56(71)61-41-15-17-44(18-16-41)79-34-33-78-32-31-77-30-29-76-28-27-75-26-25-74-24-22-60-46-10-6-9-45-51(46)58(73)64(57(45)72)47-19-20-48(67)62-55(47)70/h3-18,37,42-43,47,60,65-66H,19-36H2,1-2H3,(H,61,71)(H,68,69)(H,62,67,70)/t42-,43-,47?/m1/s1. The Balaban J connectivity index is 0.772. The molecule has 3 heterocycles. The fourth-order valence-electron chi connectivity index (χ4n) is 9.44. The lowest BCUT2D eigenvalue weighted by atomic mass is 9.94. The number of hydrogen-bond acceptors (Lipinski definition) is 15. The predicted octanol–water partition coefficient (Wildman–Crippen LogP) is 6.29. The van der Waals surface area contributed by atoms with Crippen LogP contribution in [0.1, 0.15) is 88.6 Å². The summed E-state index contributed by atoms with van der Waals surface area (Å²) in [5.41, 5.74) is 5.11. The number of carbonyl (C=O) groups is 6. The Morgan fingerprint density at radius 1 is 0.709 bits per heavy atom. The number of piperidine rings is 1. The molecule has 7 rings (SSSR count). The van der Waals surface area contributed by atoms with Gasteiger partial charge in [0.15, 0.2) is 0 Å². The Labute approximate surface area is 457 Å². The van der Waals surface area contributed by atoms with Gasteiger partial charge in [-0.15, -0.1) is 0 Å². The second kappa shape index (κ2) is 29.6. The van der Waals surface area contributed by atoms with E-state index in [1.165, 1.54) is 18.2 Å². The molecule has 422 valence electrons. The van der Waals surface area contributed by atoms with E-state index in [1.807, 2.05) is 48.7 Å². The topological polar surface area (TPSA) is 263 Å². The van der Waals surface area contributed by atoms with E-state index in [-0.39, 0.29) is 61.8 Å². The van der Waals surface area contributed by atoms with Crippen LogP contribution in [0.4, 0.5) is 15.8 Å². The number of anilines is 2. The van der Waals surface area contributed by atoms with Crippen LogP contribution in [0.25, 0.3) is 22.4 Å². The smallest absolute Gasteiger partial charge is 0.305 e. The Bertz CT molecular complexity index is 2860. The number of benzene rings is 4. The molecule has 1 aromatic heterocycles. The van der Waals surface area contributed by atoms with Crippen molar-refractivity contribution in [3.63, 3.8) is 0 Å². The van der Waals surface area contributed by atoms with Gasteiger partial charge < -0.3 is 58.9 Å². The van der Waals surface area contributed by atoms with Gasteiger partial charge in [0, 0.05) is 42.1 Å². The van der Waals surface area contributed by atoms with Crippen molar-refractivity contribution in [1.82, 2.24) is 14.8 Å². The number of aliphatic hydroxyl groups is 2. The highest BCUT2D eigenvalue weighted by molar-refractivity contribution is 6.25. The average molecular weight is 1090 g/mol. The lowest BCUT2D eigenvalue weighted by Crippen LogP contribution is -2.54. The van der Waals surface area contributed by atoms with Gasteiger partial charge in [-0.25, -0.2) is 4.39 Å². The molecule has 2 aliphatic heterocycles. The summed E-state index contributed by atoms with van der Waals surface area (Å²) < 4.78 is 50.1. The second-order valence-electron chi connectivity index (χ2n) is 19.1. The zero-order valence-electron chi connectivity index (χ0n) is 44.3. The number of aromatic nitrogens is 1. The maximum absolute atomic E-state index is 14.6. The van der Waals surface area contributed by atoms with E-state index in [2.05, 4.69) is 16.0 Å². The number of ether oxygens (including phenoxy) is 6. The van der Waals surface area contributed by atoms with Crippen LogP contribution in [0.15, 0.2) is 97.1 Å². The van der Waals surface area contributed by atoms with Crippen LogP contribution in [-0.2, 0) is 44.6 Å². The number of carboxylic acids is 1. The largest absolute Gasteiger partial charge is 0.491 e. The Morgan fingerprint density at radius 2 is 1.33 bits per heavy atom. The molecule has 79 heavy (non-hydrogen) atoms. The Kier molecular flexibility index (Phi) is 22.2. The molecule has 4 aromatic carbocycles. The highest BCUT2D eigenvalue weighted by Gasteiger charge is 2.45. The SMILES string of the molecule is CC(C)c1c(C(=O)Nc2ccc(OCCOCCOCCOCCOCCOCCNc3cccc4c3C(=O)N(C3CCC(=O)NC3=O)C4=O)cc2)c(-c2ccccc2)c(-c2ccc(F)cc2)n1CC[C@@H](O)C[C@@H](O)CC(=O)O. The lowest BCUT2D eigenvalue weighted by molar-refractivity contribution is -0.140. The van der Waals surface area contributed by atoms with Crippen molar-refractivity contribution in [2.75, 3.05) is 89.9 Å². The lowest BCUT2D eigenvalue weighted by Gasteiger charge is -2.27. The molecule has 2 aliphatic rings. The third-order valence-corrected chi connectivity index (χ3v) is 13.0. The highest BCUT2D eigenvalue weighted by atomic mass is 19.1. The number of imide groups is 2. The van der Waals surface area contributed by atoms with Gasteiger partial charge in [0.2, 0.25) is 11.8 Å². The van der Waals surface area contributed by atoms with Gasteiger partial charge in [0.25, 0.3) is 17.7 Å². The van der Waals surface area contributed by atoms with E-state index in [4.69, 9.17) is 33.5 Å². The van der Waals surface area contributed by atoms with E-state index >= 15 is 0 Å². The number of hydrogen-bond donors (Lipinski definition) is 6. The first kappa shape index (κ1) is 59.3. The van der Waals surface area contributed by atoms with Gasteiger partial charge in [0.05, 0.1) is 107 Å². The molecule has 1 fully saturated rings. The number of aliphatic hydroxyl groups excluding tert-OH is 2. The summed E-state index contributed by atoms with van der Waals surface area (Å²) in [6.45, 7) is 8.27. The fourth-order valence-corrected chi connectivity index (χ4v) is 9.44. The molecule has 0 aliphatic carbocycles. The van der Waals surface area contributed by atoms with Crippen molar-refractivity contribution in [1.29, 1.82) is 0 Å². The molecule has 1 unspecified atom stereocenters. The summed E-state index contributed by atoms with van der Waals surface area (Å²) in [6.07, 6.45) is -2.65. The summed E-state index contributed by atoms with van der Waals surface area (Å²) in [6, 6.07) is 26.2. The number of halogens is 1. The van der Waals surface area contributed by atoms with Crippen molar-refractivity contribution in [2.24, 2.45) is 0 Å². The maximum Gasteiger partial charge on any atom is 0.305 e. The van der Waals surface area contributed by atoms with Gasteiger partial charge in [-0.3, -0.25) is 39.0 Å². The van der Waals surface area contributed by atoms with Crippen LogP contribution >= 0.6 is 0 Å². The molecule has 6 N–H and O–H groups in total. The van der Waals surface area contributed by atoms with Crippen molar-refractivity contribution in [3.05, 3.63) is 125 Å². The fraction of sp³-hybridized carbons (Fsp3) is 0.414. The number of fused-ring (bicyclic) bond motifs is 1. The number of carboxylic acid groups (broad SMARTS) is 1. The van der Waals surface area contributed by atoms with Crippen LogP contribution < -0.4 is 20.7 Å². The van der Waals surface area contributed by atoms with Crippen LogP contribution in [-0.4, -0.2) is 158 Å². The summed E-state index contributed by atoms with van der Waals surface area (Å²) in [5, 5.41) is 38.7. The maximum atomic E-state index is 14.6. The molecule has 0 spiro atoms. The molecule has 0 radical (unpaired) electrons. The normalized spacial score (nSPS) is 15.1. The van der Waals surface area contributed by atoms with E-state index in [0.717, 1.165) is 10.5 Å². The molecule has 5 aromatic rings. The first-order chi connectivity index (χ1) is 38.2. The molecule has 1 saturated heterocycles. The molecule has 5 amide bonds. The average Bonchev–Trinajstić information content (AvgIpc) is 4.17. The molecule has 21 heteroatoms. The van der Waals surface area contributed by atoms with Gasteiger partial charge in [-0.2, -0.15) is 0 Å². The van der Waals surface area contributed by atoms with Gasteiger partial charge in [-0.05, 0) is 97.0 Å².